The topological polar surface area (TPSA) is 55.3 Å². The lowest BCUT2D eigenvalue weighted by atomic mass is 9.99. The van der Waals surface area contributed by atoms with Crippen molar-refractivity contribution in [2.24, 2.45) is 0 Å². The molecule has 0 saturated carbocycles. The molecule has 8 heteroatoms. The first-order valence-corrected chi connectivity index (χ1v) is 9.83. The van der Waals surface area contributed by atoms with Crippen LogP contribution in [0, 0.1) is 0 Å². The fraction of sp³-hybridized carbons (Fsp3) is 0.476. The summed E-state index contributed by atoms with van der Waals surface area (Å²) in [5, 5.41) is 0. The maximum absolute atomic E-state index is 13.1. The van der Waals surface area contributed by atoms with Crippen LogP contribution in [-0.4, -0.2) is 35.1 Å². The van der Waals surface area contributed by atoms with Crippen LogP contribution in [0.4, 0.5) is 19.0 Å². The van der Waals surface area contributed by atoms with Gasteiger partial charge in [0.2, 0.25) is 0 Å². The maximum Gasteiger partial charge on any atom is 0.416 e. The highest BCUT2D eigenvalue weighted by Gasteiger charge is 2.31. The number of carbonyl (C=O) groups is 1. The first-order valence-electron chi connectivity index (χ1n) is 9.83. The second-order valence-electron chi connectivity index (χ2n) is 6.98. The summed E-state index contributed by atoms with van der Waals surface area (Å²) in [6, 6.07) is 5.11. The van der Waals surface area contributed by atoms with Crippen molar-refractivity contribution < 1.29 is 22.7 Å². The van der Waals surface area contributed by atoms with E-state index in [2.05, 4.69) is 21.8 Å². The van der Waals surface area contributed by atoms with Gasteiger partial charge in [-0.2, -0.15) is 13.2 Å². The molecule has 156 valence electrons. The standard InChI is InChI=1S/C21H24F3N3O2/c1-3-16-10-5-6-11-27(16)19-17(20(28)29-4-2)13-25-18(26-19)14-8-7-9-15(12-14)21(22,23)24/h7-9,12-13,16H,3-6,10-11H2,1-2H3. The molecule has 1 aromatic heterocycles. The molecule has 1 aliphatic rings. The molecule has 5 nitrogen and oxygen atoms in total. The van der Waals surface area contributed by atoms with E-state index >= 15 is 0 Å². The Morgan fingerprint density at radius 1 is 1.28 bits per heavy atom. The Balaban J connectivity index is 2.08. The highest BCUT2D eigenvalue weighted by atomic mass is 19.4. The van der Waals surface area contributed by atoms with Gasteiger partial charge in [-0.05, 0) is 44.7 Å². The molecule has 1 fully saturated rings. The van der Waals surface area contributed by atoms with Crippen molar-refractivity contribution in [1.29, 1.82) is 0 Å². The van der Waals surface area contributed by atoms with Crippen LogP contribution in [0.5, 0.6) is 0 Å². The molecule has 1 atom stereocenters. The van der Waals surface area contributed by atoms with E-state index in [1.165, 1.54) is 18.3 Å². The Bertz CT molecular complexity index is 870. The summed E-state index contributed by atoms with van der Waals surface area (Å²) in [6.07, 6.45) is 0.810. The molecule has 0 bridgehead atoms. The van der Waals surface area contributed by atoms with Crippen molar-refractivity contribution in [2.45, 2.75) is 51.7 Å². The van der Waals surface area contributed by atoms with E-state index in [4.69, 9.17) is 4.74 Å². The zero-order chi connectivity index (χ0) is 21.0. The SMILES string of the molecule is CCOC(=O)c1cnc(-c2cccc(C(F)(F)F)c2)nc1N1CCCCC1CC. The van der Waals surface area contributed by atoms with Crippen molar-refractivity contribution >= 4 is 11.8 Å². The van der Waals surface area contributed by atoms with Gasteiger partial charge in [0.25, 0.3) is 0 Å². The molecular weight excluding hydrogens is 383 g/mol. The van der Waals surface area contributed by atoms with Crippen LogP contribution in [0.1, 0.15) is 55.5 Å². The normalized spacial score (nSPS) is 17.3. The second kappa shape index (κ2) is 8.80. The van der Waals surface area contributed by atoms with E-state index in [-0.39, 0.29) is 29.6 Å². The number of aromatic nitrogens is 2. The number of hydrogen-bond acceptors (Lipinski definition) is 5. The number of piperidine rings is 1. The number of nitrogens with zero attached hydrogens (tertiary/aromatic N) is 3. The molecule has 3 rings (SSSR count). The van der Waals surface area contributed by atoms with Crippen LogP contribution in [0.2, 0.25) is 0 Å². The average molecular weight is 407 g/mol. The molecule has 0 spiro atoms. The van der Waals surface area contributed by atoms with Crippen molar-refractivity contribution in [3.8, 4) is 11.4 Å². The number of ether oxygens (including phenoxy) is 1. The van der Waals surface area contributed by atoms with E-state index in [0.717, 1.165) is 44.4 Å². The van der Waals surface area contributed by atoms with E-state index in [1.54, 1.807) is 6.92 Å². The molecule has 1 unspecified atom stereocenters. The van der Waals surface area contributed by atoms with Crippen molar-refractivity contribution in [3.05, 3.63) is 41.6 Å². The molecule has 0 radical (unpaired) electrons. The summed E-state index contributed by atoms with van der Waals surface area (Å²) in [6.45, 7) is 4.72. The quantitative estimate of drug-likeness (QED) is 0.645. The highest BCUT2D eigenvalue weighted by Crippen LogP contribution is 2.33. The lowest BCUT2D eigenvalue weighted by molar-refractivity contribution is -0.137. The van der Waals surface area contributed by atoms with E-state index in [1.807, 2.05) is 0 Å². The molecule has 0 amide bonds. The fourth-order valence-electron chi connectivity index (χ4n) is 3.62. The first kappa shape index (κ1) is 21.1. The third-order valence-corrected chi connectivity index (χ3v) is 5.08. The Hall–Kier alpha value is -2.64. The molecule has 2 aromatic rings. The van der Waals surface area contributed by atoms with Crippen LogP contribution in [0.3, 0.4) is 0 Å². The number of carbonyl (C=O) groups excluding carboxylic acids is 1. The van der Waals surface area contributed by atoms with Gasteiger partial charge in [-0.25, -0.2) is 14.8 Å². The molecule has 1 aromatic carbocycles. The van der Waals surface area contributed by atoms with Crippen LogP contribution < -0.4 is 4.90 Å². The van der Waals surface area contributed by atoms with Crippen molar-refractivity contribution in [2.75, 3.05) is 18.1 Å². The minimum Gasteiger partial charge on any atom is -0.462 e. The number of hydrogen-bond donors (Lipinski definition) is 0. The highest BCUT2D eigenvalue weighted by molar-refractivity contribution is 5.95. The number of alkyl halides is 3. The van der Waals surface area contributed by atoms with Gasteiger partial charge in [0.05, 0.1) is 12.2 Å². The van der Waals surface area contributed by atoms with Gasteiger partial charge in [-0.3, -0.25) is 0 Å². The summed E-state index contributed by atoms with van der Waals surface area (Å²) in [5.41, 5.74) is -0.275. The van der Waals surface area contributed by atoms with Crippen LogP contribution in [0.15, 0.2) is 30.5 Å². The number of rotatable bonds is 5. The van der Waals surface area contributed by atoms with Crippen molar-refractivity contribution in [3.63, 3.8) is 0 Å². The molecule has 0 N–H and O–H groups in total. The zero-order valence-corrected chi connectivity index (χ0v) is 16.5. The monoisotopic (exact) mass is 407 g/mol. The first-order chi connectivity index (χ1) is 13.8. The van der Waals surface area contributed by atoms with Gasteiger partial charge in [0.1, 0.15) is 11.4 Å². The largest absolute Gasteiger partial charge is 0.462 e. The van der Waals surface area contributed by atoms with Gasteiger partial charge in [0, 0.05) is 24.3 Å². The van der Waals surface area contributed by atoms with E-state index < -0.39 is 17.7 Å². The number of halogens is 3. The summed E-state index contributed by atoms with van der Waals surface area (Å²) in [4.78, 5) is 23.2. The number of benzene rings is 1. The van der Waals surface area contributed by atoms with Gasteiger partial charge >= 0.3 is 12.1 Å². The third-order valence-electron chi connectivity index (χ3n) is 5.08. The predicted octanol–water partition coefficient (Wildman–Crippen LogP) is 5.11. The third kappa shape index (κ3) is 4.68. The summed E-state index contributed by atoms with van der Waals surface area (Å²) < 4.78 is 44.4. The second-order valence-corrected chi connectivity index (χ2v) is 6.98. The Labute approximate surface area is 167 Å². The van der Waals surface area contributed by atoms with Gasteiger partial charge < -0.3 is 9.64 Å². The summed E-state index contributed by atoms with van der Waals surface area (Å²) in [5.74, 6) is 0.0514. The van der Waals surface area contributed by atoms with Gasteiger partial charge in [0.15, 0.2) is 5.82 Å². The van der Waals surface area contributed by atoms with Crippen LogP contribution in [0.25, 0.3) is 11.4 Å². The molecule has 0 aliphatic carbocycles. The predicted molar refractivity (Wildman–Crippen MR) is 104 cm³/mol. The lowest BCUT2D eigenvalue weighted by Gasteiger charge is -2.37. The van der Waals surface area contributed by atoms with Crippen LogP contribution >= 0.6 is 0 Å². The van der Waals surface area contributed by atoms with E-state index in [0.29, 0.717) is 5.82 Å². The number of anilines is 1. The summed E-state index contributed by atoms with van der Waals surface area (Å²) in [7, 11) is 0. The summed E-state index contributed by atoms with van der Waals surface area (Å²) >= 11 is 0. The minimum atomic E-state index is -4.45. The Morgan fingerprint density at radius 3 is 2.76 bits per heavy atom. The Kier molecular flexibility index (Phi) is 6.39. The van der Waals surface area contributed by atoms with Gasteiger partial charge in [-0.15, -0.1) is 0 Å². The fourth-order valence-corrected chi connectivity index (χ4v) is 3.62. The number of esters is 1. The molecule has 2 heterocycles. The molecule has 29 heavy (non-hydrogen) atoms. The van der Waals surface area contributed by atoms with Gasteiger partial charge in [-0.1, -0.05) is 19.1 Å². The molecule has 1 saturated heterocycles. The van der Waals surface area contributed by atoms with Crippen LogP contribution in [-0.2, 0) is 10.9 Å². The molecular formula is C21H24F3N3O2. The van der Waals surface area contributed by atoms with Crippen molar-refractivity contribution in [1.82, 2.24) is 9.97 Å². The maximum atomic E-state index is 13.1. The average Bonchev–Trinajstić information content (AvgIpc) is 2.73. The van der Waals surface area contributed by atoms with E-state index in [9.17, 15) is 18.0 Å². The lowest BCUT2D eigenvalue weighted by Crippen LogP contribution is -2.40. The zero-order valence-electron chi connectivity index (χ0n) is 16.5. The molecule has 1 aliphatic heterocycles. The smallest absolute Gasteiger partial charge is 0.416 e. The minimum absolute atomic E-state index is 0.152. The Morgan fingerprint density at radius 2 is 2.07 bits per heavy atom.